The molecule has 0 N–H and O–H groups in total. The fourth-order valence-electron chi connectivity index (χ4n) is 7.37. The number of hydrogen-bond acceptors (Lipinski definition) is 2. The Hall–Kier alpha value is -6.52. The second kappa shape index (κ2) is 10.5. The van der Waals surface area contributed by atoms with Crippen LogP contribution < -0.4 is 0 Å². The van der Waals surface area contributed by atoms with Gasteiger partial charge in [-0.05, 0) is 47.5 Å². The number of fused-ring (bicyclic) bond motifs is 8. The maximum absolute atomic E-state index is 5.48. The van der Waals surface area contributed by atoms with Gasteiger partial charge in [-0.3, -0.25) is 4.57 Å². The van der Waals surface area contributed by atoms with E-state index in [1.807, 2.05) is 12.1 Å². The molecule has 0 saturated carbocycles. The van der Waals surface area contributed by atoms with Gasteiger partial charge in [-0.15, -0.1) is 0 Å². The lowest BCUT2D eigenvalue weighted by Crippen LogP contribution is -2.05. The fourth-order valence-corrected chi connectivity index (χ4v) is 7.37. The molecule has 10 rings (SSSR count). The molecule has 0 spiro atoms. The molecule has 10 aromatic rings. The molecular formula is C44H28N4. The Morgan fingerprint density at radius 2 is 0.896 bits per heavy atom. The average molecular weight is 613 g/mol. The predicted molar refractivity (Wildman–Crippen MR) is 199 cm³/mol. The van der Waals surface area contributed by atoms with Gasteiger partial charge in [0.1, 0.15) is 5.69 Å². The van der Waals surface area contributed by atoms with Gasteiger partial charge in [0, 0.05) is 32.8 Å². The summed E-state index contributed by atoms with van der Waals surface area (Å²) >= 11 is 0. The zero-order chi connectivity index (χ0) is 31.6. The monoisotopic (exact) mass is 612 g/mol. The summed E-state index contributed by atoms with van der Waals surface area (Å²) in [5, 5.41) is 4.78. The molecule has 0 bridgehead atoms. The van der Waals surface area contributed by atoms with Gasteiger partial charge in [0.2, 0.25) is 0 Å². The molecular weight excluding hydrogens is 585 g/mol. The molecule has 0 radical (unpaired) electrons. The summed E-state index contributed by atoms with van der Waals surface area (Å²) in [7, 11) is 0. The Morgan fingerprint density at radius 1 is 0.354 bits per heavy atom. The first kappa shape index (κ1) is 26.7. The second-order valence-corrected chi connectivity index (χ2v) is 12.2. The lowest BCUT2D eigenvalue weighted by atomic mass is 10.0. The SMILES string of the molecule is c1ccc(-c2ccc3nc(-n4c5ccccc5c5ccc6c7ccccc7n(-c7ccccc7)c6c54)c(-c4ccccc4)nc3c2)cc1. The minimum Gasteiger partial charge on any atom is -0.307 e. The topological polar surface area (TPSA) is 35.6 Å². The molecule has 0 aliphatic carbocycles. The summed E-state index contributed by atoms with van der Waals surface area (Å²) in [4.78, 5) is 10.9. The van der Waals surface area contributed by atoms with Crippen LogP contribution in [0.15, 0.2) is 170 Å². The van der Waals surface area contributed by atoms with Crippen molar-refractivity contribution in [3.8, 4) is 33.9 Å². The quantitative estimate of drug-likeness (QED) is 0.198. The molecule has 48 heavy (non-hydrogen) atoms. The van der Waals surface area contributed by atoms with E-state index in [2.05, 4.69) is 167 Å². The van der Waals surface area contributed by atoms with Crippen molar-refractivity contribution in [1.29, 1.82) is 0 Å². The van der Waals surface area contributed by atoms with Crippen LogP contribution in [-0.2, 0) is 0 Å². The number of hydrogen-bond donors (Lipinski definition) is 0. The number of benzene rings is 7. The Balaban J connectivity index is 1.38. The van der Waals surface area contributed by atoms with E-state index >= 15 is 0 Å². The number of rotatable bonds is 4. The number of para-hydroxylation sites is 3. The maximum atomic E-state index is 5.48. The average Bonchev–Trinajstić information content (AvgIpc) is 3.68. The van der Waals surface area contributed by atoms with Gasteiger partial charge in [-0.2, -0.15) is 0 Å². The molecule has 3 heterocycles. The van der Waals surface area contributed by atoms with Crippen molar-refractivity contribution in [1.82, 2.24) is 19.1 Å². The van der Waals surface area contributed by atoms with Crippen molar-refractivity contribution in [2.24, 2.45) is 0 Å². The Kier molecular flexibility index (Phi) is 5.84. The highest BCUT2D eigenvalue weighted by Crippen LogP contribution is 2.42. The Bertz CT molecular complexity index is 2810. The number of nitrogens with zero attached hydrogens (tertiary/aromatic N) is 4. The third-order valence-electron chi connectivity index (χ3n) is 9.50. The van der Waals surface area contributed by atoms with Crippen LogP contribution in [0, 0.1) is 0 Å². The van der Waals surface area contributed by atoms with Crippen molar-refractivity contribution in [3.63, 3.8) is 0 Å². The van der Waals surface area contributed by atoms with Crippen LogP contribution >= 0.6 is 0 Å². The first-order valence-electron chi connectivity index (χ1n) is 16.3. The molecule has 4 nitrogen and oxygen atoms in total. The predicted octanol–water partition coefficient (Wildman–Crippen LogP) is 11.2. The summed E-state index contributed by atoms with van der Waals surface area (Å²) in [6, 6.07) is 59.9. The second-order valence-electron chi connectivity index (χ2n) is 12.2. The molecule has 4 heteroatoms. The third kappa shape index (κ3) is 3.96. The van der Waals surface area contributed by atoms with Crippen molar-refractivity contribution in [2.45, 2.75) is 0 Å². The van der Waals surface area contributed by atoms with Crippen LogP contribution in [0.1, 0.15) is 0 Å². The van der Waals surface area contributed by atoms with Gasteiger partial charge in [-0.1, -0.05) is 133 Å². The lowest BCUT2D eigenvalue weighted by molar-refractivity contribution is 1.08. The van der Waals surface area contributed by atoms with E-state index < -0.39 is 0 Å². The molecule has 0 fully saturated rings. The van der Waals surface area contributed by atoms with Crippen LogP contribution in [0.5, 0.6) is 0 Å². The number of aromatic nitrogens is 4. The molecule has 0 unspecified atom stereocenters. The molecule has 0 aliphatic heterocycles. The summed E-state index contributed by atoms with van der Waals surface area (Å²) in [5.41, 5.74) is 11.5. The van der Waals surface area contributed by atoms with E-state index in [1.165, 1.54) is 27.1 Å². The summed E-state index contributed by atoms with van der Waals surface area (Å²) in [5.74, 6) is 0.810. The molecule has 0 atom stereocenters. The van der Waals surface area contributed by atoms with Gasteiger partial charge in [0.05, 0.1) is 33.1 Å². The highest BCUT2D eigenvalue weighted by Gasteiger charge is 2.24. The van der Waals surface area contributed by atoms with Crippen LogP contribution in [0.4, 0.5) is 0 Å². The largest absolute Gasteiger partial charge is 0.307 e. The molecule has 0 saturated heterocycles. The van der Waals surface area contributed by atoms with Crippen LogP contribution in [-0.4, -0.2) is 19.1 Å². The van der Waals surface area contributed by atoms with Gasteiger partial charge in [0.25, 0.3) is 0 Å². The van der Waals surface area contributed by atoms with Gasteiger partial charge < -0.3 is 4.57 Å². The summed E-state index contributed by atoms with van der Waals surface area (Å²) in [6.45, 7) is 0. The van der Waals surface area contributed by atoms with Gasteiger partial charge >= 0.3 is 0 Å². The molecule has 7 aromatic carbocycles. The zero-order valence-corrected chi connectivity index (χ0v) is 26.0. The summed E-state index contributed by atoms with van der Waals surface area (Å²) in [6.07, 6.45) is 0. The molecule has 0 aliphatic rings. The highest BCUT2D eigenvalue weighted by molar-refractivity contribution is 6.24. The van der Waals surface area contributed by atoms with Crippen molar-refractivity contribution in [2.75, 3.05) is 0 Å². The minimum absolute atomic E-state index is 0.810. The molecule has 0 amide bonds. The van der Waals surface area contributed by atoms with Crippen LogP contribution in [0.3, 0.4) is 0 Å². The van der Waals surface area contributed by atoms with E-state index in [-0.39, 0.29) is 0 Å². The summed E-state index contributed by atoms with van der Waals surface area (Å²) < 4.78 is 4.76. The minimum atomic E-state index is 0.810. The van der Waals surface area contributed by atoms with E-state index in [0.29, 0.717) is 0 Å². The lowest BCUT2D eigenvalue weighted by Gasteiger charge is -2.16. The molecule has 3 aromatic heterocycles. The highest BCUT2D eigenvalue weighted by atomic mass is 15.1. The van der Waals surface area contributed by atoms with Crippen LogP contribution in [0.2, 0.25) is 0 Å². The first-order valence-corrected chi connectivity index (χ1v) is 16.3. The zero-order valence-electron chi connectivity index (χ0n) is 26.0. The third-order valence-corrected chi connectivity index (χ3v) is 9.50. The van der Waals surface area contributed by atoms with E-state index in [1.54, 1.807) is 0 Å². The van der Waals surface area contributed by atoms with E-state index in [4.69, 9.17) is 9.97 Å². The normalized spacial score (nSPS) is 11.8. The van der Waals surface area contributed by atoms with Crippen molar-refractivity contribution >= 4 is 54.6 Å². The van der Waals surface area contributed by atoms with E-state index in [0.717, 1.165) is 61.5 Å². The first-order chi connectivity index (χ1) is 23.8. The smallest absolute Gasteiger partial charge is 0.165 e. The Labute approximate surface area is 276 Å². The van der Waals surface area contributed by atoms with Crippen LogP contribution in [0.25, 0.3) is 88.5 Å². The van der Waals surface area contributed by atoms with E-state index in [9.17, 15) is 0 Å². The standard InChI is InChI=1S/C44H28N4/c1-4-14-29(15-5-1)31-24-27-37-38(28-31)45-41(30-16-6-2-7-17-30)44(46-37)48-40-23-13-11-21-34(40)36-26-25-35-33-20-10-12-22-39(33)47(42(35)43(36)48)32-18-8-3-9-19-32/h1-28H. The van der Waals surface area contributed by atoms with Gasteiger partial charge in [0.15, 0.2) is 5.82 Å². The van der Waals surface area contributed by atoms with Gasteiger partial charge in [-0.25, -0.2) is 9.97 Å². The van der Waals surface area contributed by atoms with Crippen molar-refractivity contribution in [3.05, 3.63) is 170 Å². The fraction of sp³-hybridized carbons (Fsp3) is 0. The maximum Gasteiger partial charge on any atom is 0.165 e. The van der Waals surface area contributed by atoms with Crippen molar-refractivity contribution < 1.29 is 0 Å². The molecule has 224 valence electrons. The Morgan fingerprint density at radius 3 is 1.56 bits per heavy atom.